The van der Waals surface area contributed by atoms with Crippen LogP contribution in [0, 0.1) is 6.92 Å². The van der Waals surface area contributed by atoms with E-state index >= 15 is 0 Å². The summed E-state index contributed by atoms with van der Waals surface area (Å²) < 4.78 is 11.2. The summed E-state index contributed by atoms with van der Waals surface area (Å²) in [4.78, 5) is 28.7. The first-order chi connectivity index (χ1) is 16.0. The molecule has 6 nitrogen and oxygen atoms in total. The molecule has 4 aromatic rings. The maximum atomic E-state index is 12.8. The Morgan fingerprint density at radius 1 is 0.909 bits per heavy atom. The standard InChI is InChI=1S/C27H26N2O4/c1-17-11-13-18(14-12-17)25(30)27(31)29-16-22(20-8-6-10-24(32-2)26(20)33-3)21-15-28-23-9-5-4-7-19(21)23/h4-15,22,28H,16H2,1-3H3,(H,29,31). The lowest BCUT2D eigenvalue weighted by Crippen LogP contribution is -2.34. The van der Waals surface area contributed by atoms with E-state index in [1.54, 1.807) is 26.4 Å². The number of rotatable bonds is 8. The molecule has 168 valence electrons. The number of aromatic amines is 1. The second-order valence-corrected chi connectivity index (χ2v) is 7.83. The van der Waals surface area contributed by atoms with Crippen LogP contribution in [-0.2, 0) is 4.79 Å². The number of para-hydroxylation sites is 2. The van der Waals surface area contributed by atoms with Gasteiger partial charge in [0.25, 0.3) is 5.91 Å². The summed E-state index contributed by atoms with van der Waals surface area (Å²) in [7, 11) is 3.18. The zero-order valence-corrected chi connectivity index (χ0v) is 18.8. The molecule has 0 aliphatic rings. The number of benzene rings is 3. The molecule has 1 aromatic heterocycles. The monoisotopic (exact) mass is 442 g/mol. The Bertz CT molecular complexity index is 1290. The zero-order valence-electron chi connectivity index (χ0n) is 18.8. The van der Waals surface area contributed by atoms with Crippen molar-refractivity contribution in [3.63, 3.8) is 0 Å². The van der Waals surface area contributed by atoms with Crippen molar-refractivity contribution in [2.75, 3.05) is 20.8 Å². The minimum atomic E-state index is -0.648. The molecular weight excluding hydrogens is 416 g/mol. The molecule has 0 radical (unpaired) electrons. The summed E-state index contributed by atoms with van der Waals surface area (Å²) >= 11 is 0. The molecule has 0 spiro atoms. The molecule has 0 saturated heterocycles. The van der Waals surface area contributed by atoms with Crippen LogP contribution in [0.1, 0.15) is 33.0 Å². The first-order valence-corrected chi connectivity index (χ1v) is 10.7. The quantitative estimate of drug-likeness (QED) is 0.308. The van der Waals surface area contributed by atoms with E-state index in [4.69, 9.17) is 9.47 Å². The van der Waals surface area contributed by atoms with Gasteiger partial charge in [0, 0.05) is 40.7 Å². The van der Waals surface area contributed by atoms with Gasteiger partial charge in [-0.15, -0.1) is 0 Å². The van der Waals surface area contributed by atoms with Crippen molar-refractivity contribution in [3.8, 4) is 11.5 Å². The number of H-pyrrole nitrogens is 1. The number of carbonyl (C=O) groups is 2. The van der Waals surface area contributed by atoms with Crippen molar-refractivity contribution in [2.24, 2.45) is 0 Å². The van der Waals surface area contributed by atoms with E-state index in [0.29, 0.717) is 17.1 Å². The van der Waals surface area contributed by atoms with Crippen LogP contribution in [-0.4, -0.2) is 37.4 Å². The second-order valence-electron chi connectivity index (χ2n) is 7.83. The maximum Gasteiger partial charge on any atom is 0.292 e. The van der Waals surface area contributed by atoms with Crippen LogP contribution in [0.5, 0.6) is 11.5 Å². The summed E-state index contributed by atoms with van der Waals surface area (Å²) in [5, 5.41) is 3.87. The normalized spacial score (nSPS) is 11.7. The Morgan fingerprint density at radius 3 is 2.39 bits per heavy atom. The summed E-state index contributed by atoms with van der Waals surface area (Å²) in [6, 6.07) is 20.6. The van der Waals surface area contributed by atoms with Gasteiger partial charge in [0.05, 0.1) is 14.2 Å². The molecule has 0 aliphatic heterocycles. The fourth-order valence-corrected chi connectivity index (χ4v) is 4.07. The van der Waals surface area contributed by atoms with Gasteiger partial charge in [0.2, 0.25) is 5.78 Å². The predicted molar refractivity (Wildman–Crippen MR) is 128 cm³/mol. The molecule has 4 rings (SSSR count). The molecule has 0 aliphatic carbocycles. The number of aryl methyl sites for hydroxylation is 1. The largest absolute Gasteiger partial charge is 0.493 e. The zero-order chi connectivity index (χ0) is 23.4. The predicted octanol–water partition coefficient (Wildman–Crippen LogP) is 4.62. The highest BCUT2D eigenvalue weighted by atomic mass is 16.5. The van der Waals surface area contributed by atoms with Gasteiger partial charge >= 0.3 is 0 Å². The third-order valence-electron chi connectivity index (χ3n) is 5.79. The van der Waals surface area contributed by atoms with Gasteiger partial charge in [-0.05, 0) is 24.6 Å². The van der Waals surface area contributed by atoms with Gasteiger partial charge in [-0.2, -0.15) is 0 Å². The van der Waals surface area contributed by atoms with Crippen LogP contribution in [0.15, 0.2) is 72.9 Å². The van der Waals surface area contributed by atoms with Crippen molar-refractivity contribution in [3.05, 3.63) is 95.2 Å². The Labute approximate surface area is 192 Å². The van der Waals surface area contributed by atoms with Gasteiger partial charge in [0.1, 0.15) is 0 Å². The number of Topliss-reactive ketones (excluding diaryl/α,β-unsaturated/α-hetero) is 1. The van der Waals surface area contributed by atoms with Crippen LogP contribution >= 0.6 is 0 Å². The van der Waals surface area contributed by atoms with Gasteiger partial charge in [-0.3, -0.25) is 9.59 Å². The van der Waals surface area contributed by atoms with E-state index in [9.17, 15) is 9.59 Å². The lowest BCUT2D eigenvalue weighted by atomic mass is 9.89. The minimum Gasteiger partial charge on any atom is -0.493 e. The molecule has 0 fully saturated rings. The van der Waals surface area contributed by atoms with Crippen LogP contribution in [0.4, 0.5) is 0 Å². The van der Waals surface area contributed by atoms with E-state index in [0.717, 1.165) is 27.6 Å². The number of ketones is 1. The molecular formula is C27H26N2O4. The Kier molecular flexibility index (Phi) is 6.45. The summed E-state index contributed by atoms with van der Waals surface area (Å²) in [6.45, 7) is 2.14. The van der Waals surface area contributed by atoms with E-state index in [1.807, 2.05) is 67.7 Å². The number of nitrogens with one attached hydrogen (secondary N) is 2. The average molecular weight is 443 g/mol. The molecule has 1 unspecified atom stereocenters. The Hall–Kier alpha value is -4.06. The number of aromatic nitrogens is 1. The molecule has 33 heavy (non-hydrogen) atoms. The van der Waals surface area contributed by atoms with Gasteiger partial charge in [-0.25, -0.2) is 0 Å². The van der Waals surface area contributed by atoms with Gasteiger partial charge in [0.15, 0.2) is 11.5 Å². The molecule has 2 N–H and O–H groups in total. The van der Waals surface area contributed by atoms with Gasteiger partial charge < -0.3 is 19.8 Å². The fraction of sp³-hybridized carbons (Fsp3) is 0.185. The lowest BCUT2D eigenvalue weighted by molar-refractivity contribution is -0.117. The number of fused-ring (bicyclic) bond motifs is 1. The number of hydrogen-bond donors (Lipinski definition) is 2. The number of amides is 1. The van der Waals surface area contributed by atoms with E-state index < -0.39 is 11.7 Å². The molecule has 3 aromatic carbocycles. The summed E-state index contributed by atoms with van der Waals surface area (Å²) in [6.07, 6.45) is 1.93. The topological polar surface area (TPSA) is 80.4 Å². The van der Waals surface area contributed by atoms with E-state index in [1.165, 1.54) is 0 Å². The number of ether oxygens (including phenoxy) is 2. The second kappa shape index (κ2) is 9.61. The average Bonchev–Trinajstić information content (AvgIpc) is 3.27. The highest BCUT2D eigenvalue weighted by Gasteiger charge is 2.25. The first-order valence-electron chi connectivity index (χ1n) is 10.7. The molecule has 1 atom stereocenters. The first kappa shape index (κ1) is 22.1. The maximum absolute atomic E-state index is 12.8. The van der Waals surface area contributed by atoms with Crippen molar-refractivity contribution in [2.45, 2.75) is 12.8 Å². The van der Waals surface area contributed by atoms with Crippen molar-refractivity contribution >= 4 is 22.6 Å². The molecule has 0 bridgehead atoms. The van der Waals surface area contributed by atoms with Gasteiger partial charge in [-0.1, -0.05) is 60.2 Å². The number of carbonyl (C=O) groups excluding carboxylic acids is 2. The molecule has 1 heterocycles. The van der Waals surface area contributed by atoms with Crippen LogP contribution < -0.4 is 14.8 Å². The number of hydrogen-bond acceptors (Lipinski definition) is 4. The van der Waals surface area contributed by atoms with E-state index in [-0.39, 0.29) is 12.5 Å². The molecule has 6 heteroatoms. The highest BCUT2D eigenvalue weighted by Crippen LogP contribution is 2.40. The summed E-state index contributed by atoms with van der Waals surface area (Å²) in [5.41, 5.74) is 4.21. The minimum absolute atomic E-state index is 0.210. The van der Waals surface area contributed by atoms with Crippen LogP contribution in [0.2, 0.25) is 0 Å². The lowest BCUT2D eigenvalue weighted by Gasteiger charge is -2.22. The fourth-order valence-electron chi connectivity index (χ4n) is 4.07. The van der Waals surface area contributed by atoms with Crippen molar-refractivity contribution in [1.29, 1.82) is 0 Å². The smallest absolute Gasteiger partial charge is 0.292 e. The highest BCUT2D eigenvalue weighted by molar-refractivity contribution is 6.42. The molecule has 0 saturated carbocycles. The van der Waals surface area contributed by atoms with Crippen LogP contribution in [0.3, 0.4) is 0 Å². The van der Waals surface area contributed by atoms with Crippen molar-refractivity contribution in [1.82, 2.24) is 10.3 Å². The SMILES string of the molecule is COc1cccc(C(CNC(=O)C(=O)c2ccc(C)cc2)c2c[nH]c3ccccc23)c1OC. The van der Waals surface area contributed by atoms with Crippen molar-refractivity contribution < 1.29 is 19.1 Å². The Balaban J connectivity index is 1.69. The van der Waals surface area contributed by atoms with E-state index in [2.05, 4.69) is 10.3 Å². The third kappa shape index (κ3) is 4.46. The van der Waals surface area contributed by atoms with Crippen LogP contribution in [0.25, 0.3) is 10.9 Å². The third-order valence-corrected chi connectivity index (χ3v) is 5.79. The summed E-state index contributed by atoms with van der Waals surface area (Å²) in [5.74, 6) is -0.298. The number of methoxy groups -OCH3 is 2. The molecule has 1 amide bonds. The Morgan fingerprint density at radius 2 is 1.67 bits per heavy atom.